The average Bonchev–Trinajstić information content (AvgIpc) is 3.04. The number of hydrogen-bond acceptors (Lipinski definition) is 9. The topological polar surface area (TPSA) is 135 Å². The summed E-state index contributed by atoms with van der Waals surface area (Å²) >= 11 is 6.64. The Morgan fingerprint density at radius 1 is 1.47 bits per heavy atom. The van der Waals surface area contributed by atoms with E-state index in [0.29, 0.717) is 5.56 Å². The van der Waals surface area contributed by atoms with Gasteiger partial charge in [-0.05, 0) is 35.4 Å². The van der Waals surface area contributed by atoms with Crippen molar-refractivity contribution in [3.05, 3.63) is 41.1 Å². The molecule has 2 aromatic rings. The monoisotopic (exact) mass is 453 g/mol. The lowest BCUT2D eigenvalue weighted by atomic mass is 10.2. The maximum Gasteiger partial charge on any atom is 0.305 e. The van der Waals surface area contributed by atoms with Crippen molar-refractivity contribution < 1.29 is 28.6 Å². The number of rotatable bonds is 7. The van der Waals surface area contributed by atoms with Crippen LogP contribution in [-0.4, -0.2) is 50.7 Å². The summed E-state index contributed by atoms with van der Waals surface area (Å²) in [5.74, 6) is -2.20. The number of nitrogens with zero attached hydrogens (tertiary/aromatic N) is 4. The maximum absolute atomic E-state index is 13.8. The van der Waals surface area contributed by atoms with E-state index < -0.39 is 22.9 Å². The lowest BCUT2D eigenvalue weighted by Gasteiger charge is -2.10. The SMILES string of the molecule is COc1cc(C=NN=C2NC(=O)C(CC(=O)O)S2)ccc1Oc1nc(Cl)ncc1F. The highest BCUT2D eigenvalue weighted by Crippen LogP contribution is 2.32. The Bertz CT molecular complexity index is 1050. The smallest absolute Gasteiger partial charge is 0.305 e. The second kappa shape index (κ2) is 9.50. The van der Waals surface area contributed by atoms with Crippen LogP contribution >= 0.6 is 23.4 Å². The van der Waals surface area contributed by atoms with Crippen molar-refractivity contribution in [3.63, 3.8) is 0 Å². The number of carbonyl (C=O) groups excluding carboxylic acids is 1. The molecule has 1 unspecified atom stereocenters. The minimum atomic E-state index is -1.08. The fourth-order valence-electron chi connectivity index (χ4n) is 2.25. The number of carboxylic acids is 1. The van der Waals surface area contributed by atoms with Gasteiger partial charge in [0.2, 0.25) is 17.0 Å². The molecule has 0 aliphatic carbocycles. The first-order valence-electron chi connectivity index (χ1n) is 8.20. The van der Waals surface area contributed by atoms with E-state index in [1.807, 2.05) is 0 Å². The van der Waals surface area contributed by atoms with Gasteiger partial charge in [-0.1, -0.05) is 11.8 Å². The zero-order valence-corrected chi connectivity index (χ0v) is 16.8. The van der Waals surface area contributed by atoms with Crippen LogP contribution in [0.4, 0.5) is 4.39 Å². The first kappa shape index (κ1) is 21.5. The van der Waals surface area contributed by atoms with E-state index in [9.17, 15) is 14.0 Å². The van der Waals surface area contributed by atoms with Gasteiger partial charge >= 0.3 is 5.97 Å². The highest BCUT2D eigenvalue weighted by molar-refractivity contribution is 8.15. The number of amides is 1. The fourth-order valence-corrected chi connectivity index (χ4v) is 3.29. The first-order chi connectivity index (χ1) is 14.4. The number of nitrogens with one attached hydrogen (secondary N) is 1. The molecule has 0 saturated carbocycles. The predicted octanol–water partition coefficient (Wildman–Crippen LogP) is 2.47. The molecule has 1 aromatic carbocycles. The van der Waals surface area contributed by atoms with Crippen LogP contribution in [0.5, 0.6) is 17.4 Å². The summed E-state index contributed by atoms with van der Waals surface area (Å²) < 4.78 is 24.4. The number of methoxy groups -OCH3 is 1. The zero-order chi connectivity index (χ0) is 21.7. The lowest BCUT2D eigenvalue weighted by molar-refractivity contribution is -0.138. The van der Waals surface area contributed by atoms with Crippen LogP contribution in [0.15, 0.2) is 34.6 Å². The number of carboxylic acid groups (broad SMARTS) is 1. The average molecular weight is 454 g/mol. The summed E-state index contributed by atoms with van der Waals surface area (Å²) in [5.41, 5.74) is 0.571. The quantitative estimate of drug-likeness (QED) is 0.370. The molecule has 1 saturated heterocycles. The molecule has 0 bridgehead atoms. The van der Waals surface area contributed by atoms with Crippen molar-refractivity contribution in [2.24, 2.45) is 10.2 Å². The number of halogens is 2. The minimum Gasteiger partial charge on any atom is -0.493 e. The lowest BCUT2D eigenvalue weighted by Crippen LogP contribution is -2.26. The number of amidine groups is 1. The fraction of sp³-hybridized carbons (Fsp3) is 0.176. The number of aliphatic carboxylic acids is 1. The van der Waals surface area contributed by atoms with Gasteiger partial charge in [-0.15, -0.1) is 5.10 Å². The van der Waals surface area contributed by atoms with Gasteiger partial charge in [-0.3, -0.25) is 9.59 Å². The normalized spacial score (nSPS) is 17.4. The third kappa shape index (κ3) is 5.42. The van der Waals surface area contributed by atoms with E-state index in [1.54, 1.807) is 12.1 Å². The number of carbonyl (C=O) groups is 2. The Hall–Kier alpha value is -3.25. The van der Waals surface area contributed by atoms with Gasteiger partial charge in [-0.25, -0.2) is 4.98 Å². The third-order valence-corrected chi connectivity index (χ3v) is 4.82. The van der Waals surface area contributed by atoms with Crippen molar-refractivity contribution in [1.29, 1.82) is 0 Å². The Kier molecular flexibility index (Phi) is 6.79. The summed E-state index contributed by atoms with van der Waals surface area (Å²) in [6.45, 7) is 0. The van der Waals surface area contributed by atoms with Crippen molar-refractivity contribution >= 4 is 46.6 Å². The van der Waals surface area contributed by atoms with Gasteiger partial charge in [0.15, 0.2) is 16.7 Å². The van der Waals surface area contributed by atoms with Crippen molar-refractivity contribution in [1.82, 2.24) is 15.3 Å². The van der Waals surface area contributed by atoms with Crippen molar-refractivity contribution in [3.8, 4) is 17.4 Å². The molecule has 1 aliphatic rings. The van der Waals surface area contributed by atoms with Crippen molar-refractivity contribution in [2.45, 2.75) is 11.7 Å². The molecule has 1 aliphatic heterocycles. The second-order valence-electron chi connectivity index (χ2n) is 5.65. The first-order valence-corrected chi connectivity index (χ1v) is 9.45. The summed E-state index contributed by atoms with van der Waals surface area (Å²) in [5, 5.41) is 18.3. The summed E-state index contributed by atoms with van der Waals surface area (Å²) in [7, 11) is 1.40. The van der Waals surface area contributed by atoms with Gasteiger partial charge in [0.25, 0.3) is 5.88 Å². The molecule has 10 nitrogen and oxygen atoms in total. The summed E-state index contributed by atoms with van der Waals surface area (Å²) in [4.78, 5) is 29.6. The second-order valence-corrected chi connectivity index (χ2v) is 7.18. The Labute approximate surface area is 178 Å². The van der Waals surface area contributed by atoms with E-state index in [4.69, 9.17) is 26.2 Å². The number of benzene rings is 1. The largest absolute Gasteiger partial charge is 0.493 e. The van der Waals surface area contributed by atoms with E-state index in [2.05, 4.69) is 25.5 Å². The summed E-state index contributed by atoms with van der Waals surface area (Å²) in [6.07, 6.45) is 1.97. The number of ether oxygens (including phenoxy) is 2. The molecule has 1 amide bonds. The molecule has 3 rings (SSSR count). The number of thioether (sulfide) groups is 1. The maximum atomic E-state index is 13.8. The van der Waals surface area contributed by atoms with Gasteiger partial charge < -0.3 is 19.9 Å². The molecule has 2 heterocycles. The zero-order valence-electron chi connectivity index (χ0n) is 15.2. The standard InChI is InChI=1S/C17H13ClFN5O5S/c1-28-11-4-8(2-3-10(11)29-15-9(19)7-20-16(18)23-15)6-21-24-17-22-14(27)12(30-17)5-13(25)26/h2-4,6-7,12H,5H2,1H3,(H,25,26)(H,22,24,27). The van der Waals surface area contributed by atoms with Crippen LogP contribution in [0.2, 0.25) is 5.28 Å². The highest BCUT2D eigenvalue weighted by Gasteiger charge is 2.32. The Morgan fingerprint density at radius 2 is 2.27 bits per heavy atom. The Morgan fingerprint density at radius 3 is 3.00 bits per heavy atom. The van der Waals surface area contributed by atoms with Crippen molar-refractivity contribution in [2.75, 3.05) is 7.11 Å². The van der Waals surface area contributed by atoms with Crippen LogP contribution in [0, 0.1) is 5.82 Å². The molecule has 0 spiro atoms. The minimum absolute atomic E-state index is 0.171. The molecule has 30 heavy (non-hydrogen) atoms. The van der Waals surface area contributed by atoms with E-state index in [-0.39, 0.29) is 34.3 Å². The van der Waals surface area contributed by atoms with Crippen LogP contribution in [0.3, 0.4) is 0 Å². The molecule has 2 N–H and O–H groups in total. The van der Waals surface area contributed by atoms with Gasteiger partial charge in [0, 0.05) is 0 Å². The molecule has 0 radical (unpaired) electrons. The molecule has 1 atom stereocenters. The van der Waals surface area contributed by atoms with Gasteiger partial charge in [-0.2, -0.15) is 14.5 Å². The molecule has 156 valence electrons. The molecular formula is C17H13ClFN5O5S. The number of hydrogen-bond donors (Lipinski definition) is 2. The number of aromatic nitrogens is 2. The third-order valence-electron chi connectivity index (χ3n) is 3.57. The van der Waals surface area contributed by atoms with E-state index in [0.717, 1.165) is 18.0 Å². The Balaban J connectivity index is 1.71. The van der Waals surface area contributed by atoms with E-state index >= 15 is 0 Å². The van der Waals surface area contributed by atoms with Gasteiger partial charge in [0.05, 0.1) is 25.9 Å². The molecule has 1 aromatic heterocycles. The van der Waals surface area contributed by atoms with Gasteiger partial charge in [0.1, 0.15) is 5.25 Å². The van der Waals surface area contributed by atoms with Crippen LogP contribution < -0.4 is 14.8 Å². The predicted molar refractivity (Wildman–Crippen MR) is 107 cm³/mol. The van der Waals surface area contributed by atoms with Crippen LogP contribution in [0.25, 0.3) is 0 Å². The molecule has 1 fully saturated rings. The molecule has 13 heteroatoms. The van der Waals surface area contributed by atoms with Crippen LogP contribution in [0.1, 0.15) is 12.0 Å². The summed E-state index contributed by atoms with van der Waals surface area (Å²) in [6, 6.07) is 4.68. The highest BCUT2D eigenvalue weighted by atomic mass is 35.5. The van der Waals surface area contributed by atoms with E-state index in [1.165, 1.54) is 19.4 Å². The van der Waals surface area contributed by atoms with Crippen LogP contribution in [-0.2, 0) is 9.59 Å². The molecular weight excluding hydrogens is 441 g/mol.